The van der Waals surface area contributed by atoms with E-state index < -0.39 is 38.3 Å². The Balaban J connectivity index is 2.07. The van der Waals surface area contributed by atoms with Crippen LogP contribution in [-0.4, -0.2) is 45.3 Å². The van der Waals surface area contributed by atoms with Crippen molar-refractivity contribution in [1.29, 1.82) is 0 Å². The highest BCUT2D eigenvalue weighted by molar-refractivity contribution is 8.33. The number of carbonyl (C=O) groups excluding carboxylic acids is 1. The second kappa shape index (κ2) is 12.0. The van der Waals surface area contributed by atoms with Gasteiger partial charge in [-0.3, -0.25) is 0 Å². The first-order valence-electron chi connectivity index (χ1n) is 10.4. The van der Waals surface area contributed by atoms with Gasteiger partial charge in [-0.2, -0.15) is 17.2 Å². The van der Waals surface area contributed by atoms with E-state index in [-0.39, 0.29) is 19.1 Å². The van der Waals surface area contributed by atoms with E-state index in [0.717, 1.165) is 0 Å². The van der Waals surface area contributed by atoms with Crippen LogP contribution in [0.2, 0.25) is 0 Å². The number of halogens is 3. The third-order valence-electron chi connectivity index (χ3n) is 4.65. The topological polar surface area (TPSA) is 78.9 Å². The lowest BCUT2D eigenvalue weighted by molar-refractivity contribution is -0.162. The summed E-state index contributed by atoms with van der Waals surface area (Å²) < 4.78 is 71.0. The van der Waals surface area contributed by atoms with E-state index >= 15 is 8.78 Å². The number of benzene rings is 3. The summed E-state index contributed by atoms with van der Waals surface area (Å²) in [6.07, 6.45) is 0. The van der Waals surface area contributed by atoms with Crippen LogP contribution in [0.4, 0.5) is 8.78 Å². The largest absolute Gasteiger partial charge is 0.466 e. The van der Waals surface area contributed by atoms with Crippen molar-refractivity contribution in [3.05, 3.63) is 91.0 Å². The minimum absolute atomic E-state index is 0.119. The van der Waals surface area contributed by atoms with Crippen LogP contribution in [0.5, 0.6) is 0 Å². The molecule has 0 radical (unpaired) electrons. The van der Waals surface area contributed by atoms with Gasteiger partial charge >= 0.3 is 21.3 Å². The monoisotopic (exact) mass is 544 g/mol. The summed E-state index contributed by atoms with van der Waals surface area (Å²) in [5.41, 5.74) is 0. The number of esters is 1. The van der Waals surface area contributed by atoms with Crippen molar-refractivity contribution < 1.29 is 35.1 Å². The van der Waals surface area contributed by atoms with Crippen LogP contribution >= 0.6 is 21.9 Å². The van der Waals surface area contributed by atoms with Crippen LogP contribution in [0.15, 0.2) is 106 Å². The van der Waals surface area contributed by atoms with Gasteiger partial charge in [0.05, 0.1) is 13.2 Å². The number of carbonyl (C=O) groups is 1. The van der Waals surface area contributed by atoms with Crippen molar-refractivity contribution in [1.82, 2.24) is 0 Å². The van der Waals surface area contributed by atoms with Gasteiger partial charge in [0.15, 0.2) is 0 Å². The number of alkyl halides is 3. The van der Waals surface area contributed by atoms with Gasteiger partial charge in [-0.25, -0.2) is 8.42 Å². The zero-order valence-corrected chi connectivity index (χ0v) is 20.8. The molecule has 0 saturated carbocycles. The van der Waals surface area contributed by atoms with E-state index in [1.165, 1.54) is 0 Å². The predicted molar refractivity (Wildman–Crippen MR) is 129 cm³/mol. The summed E-state index contributed by atoms with van der Waals surface area (Å²) in [7, 11) is -9.10. The van der Waals surface area contributed by atoms with Gasteiger partial charge in [-0.05, 0) is 46.7 Å². The molecule has 188 valence electrons. The van der Waals surface area contributed by atoms with Gasteiger partial charge < -0.3 is 9.47 Å². The Bertz CT molecular complexity index is 1100. The van der Waals surface area contributed by atoms with E-state index in [1.807, 2.05) is 0 Å². The second-order valence-electron chi connectivity index (χ2n) is 6.97. The molecule has 0 aliphatic heterocycles. The molecule has 0 N–H and O–H groups in total. The average molecular weight is 545 g/mol. The lowest BCUT2D eigenvalue weighted by atomic mass is 10.4. The van der Waals surface area contributed by atoms with E-state index in [4.69, 9.17) is 20.0 Å². The van der Waals surface area contributed by atoms with E-state index in [0.29, 0.717) is 14.7 Å². The normalized spacial score (nSPS) is 12.8. The van der Waals surface area contributed by atoms with Gasteiger partial charge in [0.2, 0.25) is 0 Å². The van der Waals surface area contributed by atoms with Gasteiger partial charge in [-0.1, -0.05) is 54.6 Å². The Labute approximate surface area is 209 Å². The van der Waals surface area contributed by atoms with Crippen LogP contribution < -0.4 is 0 Å². The summed E-state index contributed by atoms with van der Waals surface area (Å²) in [5, 5.41) is -4.98. The zero-order valence-electron chi connectivity index (χ0n) is 18.4. The Morgan fingerprint density at radius 2 is 1.17 bits per heavy atom. The SMILES string of the molecule is O=C(OCCOCCCl)C(F)(F)S(=O)(=O)OS(c1ccccc1)(c1ccccc1)c1ccccc1. The second-order valence-corrected chi connectivity index (χ2v) is 11.8. The van der Waals surface area contributed by atoms with Crippen LogP contribution in [0.25, 0.3) is 0 Å². The third-order valence-corrected chi connectivity index (χ3v) is 9.94. The fraction of sp³-hybridized carbons (Fsp3) is 0.208. The molecule has 11 heteroatoms. The van der Waals surface area contributed by atoms with E-state index in [2.05, 4.69) is 4.74 Å². The standard InChI is InChI=1S/C24H23ClF2O6S2/c25-16-17-31-18-19-32-23(28)24(26,27)35(29,30)33-34(20-10-4-1-5-11-20,21-12-6-2-7-13-21)22-14-8-3-9-15-22/h1-15H,16-19H2. The molecule has 0 atom stereocenters. The summed E-state index contributed by atoms with van der Waals surface area (Å²) in [6, 6.07) is 24.5. The fourth-order valence-corrected chi connectivity index (χ4v) is 8.25. The molecule has 0 unspecified atom stereocenters. The molecular weight excluding hydrogens is 522 g/mol. The van der Waals surface area contributed by atoms with E-state index in [1.54, 1.807) is 91.0 Å². The molecule has 3 aromatic rings. The molecule has 0 spiro atoms. The lowest BCUT2D eigenvalue weighted by Gasteiger charge is -2.39. The number of hydrogen-bond acceptors (Lipinski definition) is 6. The minimum Gasteiger partial charge on any atom is -0.458 e. The first-order chi connectivity index (χ1) is 16.8. The lowest BCUT2D eigenvalue weighted by Crippen LogP contribution is -2.41. The summed E-state index contributed by atoms with van der Waals surface area (Å²) in [6.45, 7) is -0.675. The Kier molecular flexibility index (Phi) is 9.26. The quantitative estimate of drug-likeness (QED) is 0.167. The van der Waals surface area contributed by atoms with Crippen LogP contribution in [0.3, 0.4) is 0 Å². The molecule has 0 aliphatic carbocycles. The molecule has 0 aliphatic rings. The zero-order chi connectivity index (χ0) is 25.4. The summed E-state index contributed by atoms with van der Waals surface area (Å²) in [4.78, 5) is 13.2. The molecule has 6 nitrogen and oxygen atoms in total. The highest BCUT2D eigenvalue weighted by Gasteiger charge is 2.58. The first-order valence-corrected chi connectivity index (χ1v) is 13.9. The molecule has 3 aromatic carbocycles. The molecule has 0 bridgehead atoms. The summed E-state index contributed by atoms with van der Waals surface area (Å²) in [5.74, 6) is -2.09. The van der Waals surface area contributed by atoms with E-state index in [9.17, 15) is 13.2 Å². The van der Waals surface area contributed by atoms with Crippen molar-refractivity contribution in [2.75, 3.05) is 25.7 Å². The minimum atomic E-state index is -5.84. The Morgan fingerprint density at radius 1 is 0.743 bits per heavy atom. The molecule has 35 heavy (non-hydrogen) atoms. The highest BCUT2D eigenvalue weighted by Crippen LogP contribution is 2.70. The predicted octanol–water partition coefficient (Wildman–Crippen LogP) is 5.62. The highest BCUT2D eigenvalue weighted by atomic mass is 35.5. The average Bonchev–Trinajstić information content (AvgIpc) is 2.88. The third kappa shape index (κ3) is 6.02. The van der Waals surface area contributed by atoms with Gasteiger partial charge in [0.25, 0.3) is 0 Å². The van der Waals surface area contributed by atoms with Crippen molar-refractivity contribution >= 4 is 38.0 Å². The molecular formula is C24H23ClF2O6S2. The summed E-state index contributed by atoms with van der Waals surface area (Å²) >= 11 is 5.44. The molecule has 0 heterocycles. The number of rotatable bonds is 12. The Hall–Kier alpha value is -2.50. The Morgan fingerprint density at radius 3 is 1.57 bits per heavy atom. The van der Waals surface area contributed by atoms with Gasteiger partial charge in [0.1, 0.15) is 6.61 Å². The number of ether oxygens (including phenoxy) is 2. The maximum atomic E-state index is 15.0. The maximum absolute atomic E-state index is 15.0. The number of hydrogen-bond donors (Lipinski definition) is 0. The first kappa shape index (κ1) is 27.1. The molecule has 0 amide bonds. The molecule has 0 fully saturated rings. The molecule has 3 rings (SSSR count). The van der Waals surface area contributed by atoms with Gasteiger partial charge in [-0.15, -0.1) is 11.6 Å². The van der Waals surface area contributed by atoms with Crippen molar-refractivity contribution in [2.45, 2.75) is 19.9 Å². The maximum Gasteiger partial charge on any atom is 0.466 e. The van der Waals surface area contributed by atoms with Crippen LogP contribution in [0.1, 0.15) is 0 Å². The van der Waals surface area contributed by atoms with Crippen LogP contribution in [-0.2, 0) is 28.0 Å². The smallest absolute Gasteiger partial charge is 0.458 e. The van der Waals surface area contributed by atoms with Gasteiger partial charge in [0, 0.05) is 20.6 Å². The van der Waals surface area contributed by atoms with Crippen LogP contribution in [0, 0.1) is 0 Å². The van der Waals surface area contributed by atoms with Crippen molar-refractivity contribution in [2.24, 2.45) is 0 Å². The molecule has 0 saturated heterocycles. The fourth-order valence-electron chi connectivity index (χ4n) is 3.08. The molecule has 0 aromatic heterocycles. The van der Waals surface area contributed by atoms with Crippen molar-refractivity contribution in [3.63, 3.8) is 0 Å². The van der Waals surface area contributed by atoms with Crippen molar-refractivity contribution in [3.8, 4) is 0 Å².